The first-order chi connectivity index (χ1) is 15.5. The number of carbonyl (C=O) groups is 2. The molecule has 1 heterocycles. The van der Waals surface area contributed by atoms with Gasteiger partial charge in [-0.05, 0) is 74.6 Å². The van der Waals surface area contributed by atoms with Gasteiger partial charge in [0.25, 0.3) is 0 Å². The molecule has 0 atom stereocenters. The smallest absolute Gasteiger partial charge is 0.421 e. The molecule has 0 saturated heterocycles. The fourth-order valence-electron chi connectivity index (χ4n) is 4.01. The summed E-state index contributed by atoms with van der Waals surface area (Å²) in [7, 11) is 0. The van der Waals surface area contributed by atoms with Crippen molar-refractivity contribution in [2.75, 3.05) is 6.61 Å². The minimum atomic E-state index is -1.13. The van der Waals surface area contributed by atoms with E-state index in [1.165, 1.54) is 0 Å². The van der Waals surface area contributed by atoms with Crippen molar-refractivity contribution in [3.05, 3.63) is 64.4 Å². The van der Waals surface area contributed by atoms with Gasteiger partial charge in [-0.15, -0.1) is 6.42 Å². The van der Waals surface area contributed by atoms with E-state index in [2.05, 4.69) is 5.92 Å². The zero-order valence-corrected chi connectivity index (χ0v) is 20.2. The lowest BCUT2D eigenvalue weighted by Crippen LogP contribution is -2.50. The van der Waals surface area contributed by atoms with E-state index >= 15 is 0 Å². The minimum Gasteiger partial charge on any atom is -0.421 e. The highest BCUT2D eigenvalue weighted by Crippen LogP contribution is 2.43. The van der Waals surface area contributed by atoms with Crippen molar-refractivity contribution >= 4 is 29.1 Å². The molecule has 0 fully saturated rings. The zero-order chi connectivity index (χ0) is 24.4. The van der Waals surface area contributed by atoms with Crippen LogP contribution in [0.2, 0.25) is 5.02 Å². The molecule has 5 nitrogen and oxygen atoms in total. The van der Waals surface area contributed by atoms with Crippen LogP contribution in [0.5, 0.6) is 0 Å². The third-order valence-corrected chi connectivity index (χ3v) is 5.71. The number of terminal acetylenes is 1. The molecule has 0 aliphatic carbocycles. The van der Waals surface area contributed by atoms with Gasteiger partial charge in [0.1, 0.15) is 11.2 Å². The molecule has 0 saturated carbocycles. The van der Waals surface area contributed by atoms with Crippen LogP contribution in [0.15, 0.2) is 48.2 Å². The Labute approximate surface area is 199 Å². The normalized spacial score (nSPS) is 16.8. The molecule has 2 aromatic rings. The van der Waals surface area contributed by atoms with Crippen LogP contribution in [-0.4, -0.2) is 29.7 Å². The Balaban J connectivity index is 2.25. The van der Waals surface area contributed by atoms with Gasteiger partial charge in [0.05, 0.1) is 5.57 Å². The van der Waals surface area contributed by atoms with Crippen molar-refractivity contribution in [1.82, 2.24) is 0 Å². The van der Waals surface area contributed by atoms with Crippen LogP contribution in [0, 0.1) is 12.3 Å². The molecule has 172 valence electrons. The van der Waals surface area contributed by atoms with E-state index in [-0.39, 0.29) is 18.1 Å². The molecule has 1 aliphatic rings. The highest BCUT2D eigenvalue weighted by atomic mass is 35.5. The van der Waals surface area contributed by atoms with Crippen molar-refractivity contribution < 1.29 is 23.8 Å². The number of carbonyl (C=O) groups excluding carboxylic acids is 2. The van der Waals surface area contributed by atoms with Crippen LogP contribution < -0.4 is 0 Å². The van der Waals surface area contributed by atoms with Gasteiger partial charge in [-0.25, -0.2) is 4.79 Å². The molecule has 33 heavy (non-hydrogen) atoms. The summed E-state index contributed by atoms with van der Waals surface area (Å²) >= 11 is 6.05. The molecule has 3 rings (SSSR count). The minimum absolute atomic E-state index is 0.0943. The number of hydrogen-bond donors (Lipinski definition) is 0. The van der Waals surface area contributed by atoms with Gasteiger partial charge in [0, 0.05) is 5.02 Å². The Kier molecular flexibility index (Phi) is 7.02. The Bertz CT molecular complexity index is 1150. The fraction of sp³-hybridized carbons (Fsp3) is 0.333. The standard InChI is InChI=1S/C27H27ClO5/c1-7-15-31-25(30)32-24-22(23(29)26(3,4)33-27(24,5)6)21-16-19(10-9-17(21)8-2)18-11-13-20(28)14-12-18/h1,9-14,16H,8,15H2,2-6H3. The average molecular weight is 467 g/mol. The van der Waals surface area contributed by atoms with Crippen LogP contribution in [-0.2, 0) is 25.4 Å². The fourth-order valence-corrected chi connectivity index (χ4v) is 4.13. The Morgan fingerprint density at radius 3 is 2.30 bits per heavy atom. The summed E-state index contributed by atoms with van der Waals surface area (Å²) in [6, 6.07) is 13.3. The maximum atomic E-state index is 13.6. The molecular formula is C27H27ClO5. The first-order valence-electron chi connectivity index (χ1n) is 10.7. The summed E-state index contributed by atoms with van der Waals surface area (Å²) in [6.07, 6.45) is 4.86. The summed E-state index contributed by atoms with van der Waals surface area (Å²) in [5.74, 6) is 2.03. The number of halogens is 1. The first kappa shape index (κ1) is 24.6. The lowest BCUT2D eigenvalue weighted by atomic mass is 9.80. The molecular weight excluding hydrogens is 440 g/mol. The van der Waals surface area contributed by atoms with E-state index in [0.29, 0.717) is 22.6 Å². The molecule has 0 spiro atoms. The van der Waals surface area contributed by atoms with Gasteiger partial charge in [-0.3, -0.25) is 4.79 Å². The van der Waals surface area contributed by atoms with Gasteiger partial charge < -0.3 is 14.2 Å². The van der Waals surface area contributed by atoms with Crippen molar-refractivity contribution in [1.29, 1.82) is 0 Å². The third kappa shape index (κ3) is 5.13. The number of rotatable bonds is 5. The molecule has 0 unspecified atom stereocenters. The molecule has 6 heteroatoms. The van der Waals surface area contributed by atoms with E-state index in [1.54, 1.807) is 27.7 Å². The van der Waals surface area contributed by atoms with Crippen LogP contribution >= 0.6 is 11.6 Å². The number of aryl methyl sites for hydroxylation is 1. The zero-order valence-electron chi connectivity index (χ0n) is 19.5. The van der Waals surface area contributed by atoms with Gasteiger partial charge in [-0.2, -0.15) is 0 Å². The number of Topliss-reactive ketones (excluding diaryl/α,β-unsaturated/α-hetero) is 1. The summed E-state index contributed by atoms with van der Waals surface area (Å²) in [5, 5.41) is 0.635. The van der Waals surface area contributed by atoms with Crippen LogP contribution in [0.3, 0.4) is 0 Å². The number of benzene rings is 2. The molecule has 0 N–H and O–H groups in total. The molecule has 0 amide bonds. The monoisotopic (exact) mass is 466 g/mol. The van der Waals surface area contributed by atoms with E-state index in [4.69, 9.17) is 32.2 Å². The molecule has 1 aliphatic heterocycles. The quantitative estimate of drug-likeness (QED) is 0.386. The van der Waals surface area contributed by atoms with Crippen LogP contribution in [0.1, 0.15) is 45.7 Å². The van der Waals surface area contributed by atoms with Gasteiger partial charge >= 0.3 is 6.16 Å². The van der Waals surface area contributed by atoms with Crippen molar-refractivity contribution in [2.45, 2.75) is 52.2 Å². The van der Waals surface area contributed by atoms with Gasteiger partial charge in [0.15, 0.2) is 18.1 Å². The second kappa shape index (κ2) is 9.43. The highest BCUT2D eigenvalue weighted by molar-refractivity contribution is 6.30. The summed E-state index contributed by atoms with van der Waals surface area (Å²) in [5.41, 5.74) is 1.54. The lowest BCUT2D eigenvalue weighted by molar-refractivity contribution is -0.158. The predicted molar refractivity (Wildman–Crippen MR) is 129 cm³/mol. The lowest BCUT2D eigenvalue weighted by Gasteiger charge is -2.42. The van der Waals surface area contributed by atoms with Gasteiger partial charge in [-0.1, -0.05) is 48.7 Å². The Hall–Kier alpha value is -3.07. The van der Waals surface area contributed by atoms with Crippen molar-refractivity contribution in [3.63, 3.8) is 0 Å². The average Bonchev–Trinajstić information content (AvgIpc) is 2.76. The Morgan fingerprint density at radius 2 is 1.70 bits per heavy atom. The van der Waals surface area contributed by atoms with Crippen LogP contribution in [0.25, 0.3) is 16.7 Å². The summed E-state index contributed by atoms with van der Waals surface area (Å²) < 4.78 is 16.5. The molecule has 0 bridgehead atoms. The highest BCUT2D eigenvalue weighted by Gasteiger charge is 2.49. The number of ether oxygens (including phenoxy) is 3. The Morgan fingerprint density at radius 1 is 1.06 bits per heavy atom. The van der Waals surface area contributed by atoms with E-state index in [0.717, 1.165) is 16.7 Å². The topological polar surface area (TPSA) is 61.8 Å². The second-order valence-corrected chi connectivity index (χ2v) is 9.17. The second-order valence-electron chi connectivity index (χ2n) is 8.73. The maximum Gasteiger partial charge on any atom is 0.514 e. The summed E-state index contributed by atoms with van der Waals surface area (Å²) in [6.45, 7) is 8.68. The molecule has 0 radical (unpaired) electrons. The molecule has 0 aromatic heterocycles. The van der Waals surface area contributed by atoms with E-state index in [9.17, 15) is 9.59 Å². The summed E-state index contributed by atoms with van der Waals surface area (Å²) in [4.78, 5) is 26.0. The maximum absolute atomic E-state index is 13.6. The predicted octanol–water partition coefficient (Wildman–Crippen LogP) is 6.22. The molecule has 2 aromatic carbocycles. The van der Waals surface area contributed by atoms with Crippen LogP contribution in [0.4, 0.5) is 4.79 Å². The van der Waals surface area contributed by atoms with Gasteiger partial charge in [0.2, 0.25) is 0 Å². The van der Waals surface area contributed by atoms with Crippen molar-refractivity contribution in [3.8, 4) is 23.5 Å². The first-order valence-corrected chi connectivity index (χ1v) is 11.0. The van der Waals surface area contributed by atoms with E-state index < -0.39 is 17.4 Å². The number of hydrogen-bond acceptors (Lipinski definition) is 5. The SMILES string of the molecule is C#CCOC(=O)OC1=C(c2cc(-c3ccc(Cl)cc3)ccc2CC)C(=O)C(C)(C)OC1(C)C. The van der Waals surface area contributed by atoms with Crippen molar-refractivity contribution in [2.24, 2.45) is 0 Å². The van der Waals surface area contributed by atoms with E-state index in [1.807, 2.05) is 49.4 Å². The third-order valence-electron chi connectivity index (χ3n) is 5.45. The largest absolute Gasteiger partial charge is 0.514 e. The number of ketones is 1.